The van der Waals surface area contributed by atoms with Crippen molar-refractivity contribution in [2.75, 3.05) is 20.2 Å². The molecule has 0 aliphatic rings. The summed E-state index contributed by atoms with van der Waals surface area (Å²) in [5, 5.41) is 0. The highest BCUT2D eigenvalue weighted by molar-refractivity contribution is 6.32. The minimum atomic E-state index is -0.979. The van der Waals surface area contributed by atoms with Gasteiger partial charge >= 0.3 is 11.9 Å². The fourth-order valence-electron chi connectivity index (χ4n) is 1.01. The molecular weight excluding hydrogens is 200 g/mol. The van der Waals surface area contributed by atoms with E-state index in [-0.39, 0.29) is 6.54 Å². The molecule has 0 saturated carbocycles. The van der Waals surface area contributed by atoms with Crippen molar-refractivity contribution >= 4 is 17.8 Å². The number of amides is 2. The Kier molecular flexibility index (Phi) is 6.08. The number of hydrogen-bond donors (Lipinski definition) is 1. The summed E-state index contributed by atoms with van der Waals surface area (Å²) >= 11 is 0. The highest BCUT2D eigenvalue weighted by Gasteiger charge is 2.23. The predicted molar refractivity (Wildman–Crippen MR) is 52.7 cm³/mol. The average molecular weight is 216 g/mol. The highest BCUT2D eigenvalue weighted by Crippen LogP contribution is 1.97. The number of esters is 1. The molecule has 6 nitrogen and oxygen atoms in total. The van der Waals surface area contributed by atoms with Crippen LogP contribution >= 0.6 is 0 Å². The first-order valence-corrected chi connectivity index (χ1v) is 4.68. The van der Waals surface area contributed by atoms with E-state index in [0.29, 0.717) is 13.0 Å². The van der Waals surface area contributed by atoms with Gasteiger partial charge in [-0.3, -0.25) is 9.59 Å². The molecule has 2 N–H and O–H groups in total. The highest BCUT2D eigenvalue weighted by atomic mass is 16.5. The molecule has 0 spiro atoms. The zero-order valence-corrected chi connectivity index (χ0v) is 8.99. The summed E-state index contributed by atoms with van der Waals surface area (Å²) < 4.78 is 4.27. The van der Waals surface area contributed by atoms with Gasteiger partial charge in [-0.15, -0.1) is 0 Å². The summed E-state index contributed by atoms with van der Waals surface area (Å²) in [6.07, 6.45) is 1.56. The van der Waals surface area contributed by atoms with Crippen LogP contribution in [-0.2, 0) is 19.1 Å². The molecule has 0 heterocycles. The third-order valence-electron chi connectivity index (χ3n) is 1.78. The van der Waals surface area contributed by atoms with E-state index in [1.54, 1.807) is 0 Å². The number of rotatable bonds is 5. The van der Waals surface area contributed by atoms with Gasteiger partial charge in [0.05, 0.1) is 13.7 Å². The molecule has 0 saturated heterocycles. The molecule has 0 rings (SSSR count). The largest absolute Gasteiger partial charge is 0.462 e. The van der Waals surface area contributed by atoms with Crippen molar-refractivity contribution < 1.29 is 19.1 Å². The van der Waals surface area contributed by atoms with Gasteiger partial charge in [0, 0.05) is 6.54 Å². The number of ether oxygens (including phenoxy) is 1. The van der Waals surface area contributed by atoms with E-state index in [0.717, 1.165) is 18.4 Å². The molecule has 0 aromatic heterocycles. The van der Waals surface area contributed by atoms with E-state index in [1.807, 2.05) is 6.92 Å². The van der Waals surface area contributed by atoms with Crippen LogP contribution in [0.15, 0.2) is 0 Å². The molecule has 0 aliphatic heterocycles. The third-order valence-corrected chi connectivity index (χ3v) is 1.78. The molecule has 15 heavy (non-hydrogen) atoms. The van der Waals surface area contributed by atoms with Gasteiger partial charge in [0.25, 0.3) is 0 Å². The van der Waals surface area contributed by atoms with Crippen LogP contribution < -0.4 is 5.73 Å². The Balaban J connectivity index is 4.39. The summed E-state index contributed by atoms with van der Waals surface area (Å²) in [5.74, 6) is -2.46. The number of hydrogen-bond acceptors (Lipinski definition) is 4. The number of carbonyl (C=O) groups excluding carboxylic acids is 3. The smallest absolute Gasteiger partial charge is 0.396 e. The standard InChI is InChI=1S/C9H16N2O4/c1-3-4-5-11(6-7(10)12)8(13)9(14)15-2/h3-6H2,1-2H3,(H2,10,12). The van der Waals surface area contributed by atoms with Crippen LogP contribution in [0, 0.1) is 0 Å². The number of nitrogens with zero attached hydrogens (tertiary/aromatic N) is 1. The van der Waals surface area contributed by atoms with Crippen LogP contribution in [0.5, 0.6) is 0 Å². The van der Waals surface area contributed by atoms with E-state index in [9.17, 15) is 14.4 Å². The number of carbonyl (C=O) groups is 3. The molecule has 0 aromatic carbocycles. The Bertz CT molecular complexity index is 252. The van der Waals surface area contributed by atoms with Gasteiger partial charge in [0.2, 0.25) is 5.91 Å². The summed E-state index contributed by atoms with van der Waals surface area (Å²) in [4.78, 5) is 34.1. The number of primary amides is 1. The van der Waals surface area contributed by atoms with Gasteiger partial charge < -0.3 is 15.4 Å². The van der Waals surface area contributed by atoms with Gasteiger partial charge in [-0.2, -0.15) is 0 Å². The molecule has 0 bridgehead atoms. The maximum absolute atomic E-state index is 11.4. The zero-order valence-electron chi connectivity index (χ0n) is 8.99. The normalized spacial score (nSPS) is 9.47. The SMILES string of the molecule is CCCCN(CC(N)=O)C(=O)C(=O)OC. The number of unbranched alkanes of at least 4 members (excludes halogenated alkanes) is 1. The Morgan fingerprint density at radius 3 is 2.33 bits per heavy atom. The topological polar surface area (TPSA) is 89.7 Å². The molecule has 6 heteroatoms. The lowest BCUT2D eigenvalue weighted by Crippen LogP contribution is -2.43. The minimum absolute atomic E-state index is 0.256. The predicted octanol–water partition coefficient (Wildman–Crippen LogP) is -0.727. The minimum Gasteiger partial charge on any atom is -0.462 e. The molecule has 0 atom stereocenters. The lowest BCUT2D eigenvalue weighted by atomic mass is 10.3. The van der Waals surface area contributed by atoms with E-state index in [4.69, 9.17) is 5.73 Å². The van der Waals surface area contributed by atoms with Crippen molar-refractivity contribution in [1.82, 2.24) is 4.90 Å². The van der Waals surface area contributed by atoms with Gasteiger partial charge in [-0.25, -0.2) is 4.79 Å². The Labute approximate surface area is 88.4 Å². The Hall–Kier alpha value is -1.59. The van der Waals surface area contributed by atoms with Crippen LogP contribution in [0.2, 0.25) is 0 Å². The van der Waals surface area contributed by atoms with Gasteiger partial charge in [0.1, 0.15) is 0 Å². The van der Waals surface area contributed by atoms with Crippen LogP contribution in [0.25, 0.3) is 0 Å². The van der Waals surface area contributed by atoms with E-state index >= 15 is 0 Å². The molecule has 86 valence electrons. The third kappa shape index (κ3) is 4.99. The fraction of sp³-hybridized carbons (Fsp3) is 0.667. The second-order valence-corrected chi connectivity index (χ2v) is 3.04. The molecule has 2 amide bonds. The summed E-state index contributed by atoms with van der Waals surface area (Å²) in [6, 6.07) is 0. The maximum Gasteiger partial charge on any atom is 0.396 e. The summed E-state index contributed by atoms with van der Waals surface area (Å²) in [5.41, 5.74) is 4.96. The summed E-state index contributed by atoms with van der Waals surface area (Å²) in [7, 11) is 1.11. The lowest BCUT2D eigenvalue weighted by Gasteiger charge is -2.18. The lowest BCUT2D eigenvalue weighted by molar-refractivity contribution is -0.158. The van der Waals surface area contributed by atoms with Crippen molar-refractivity contribution in [3.8, 4) is 0 Å². The second kappa shape index (κ2) is 6.80. The van der Waals surface area contributed by atoms with Crippen LogP contribution in [0.4, 0.5) is 0 Å². The quantitative estimate of drug-likeness (QED) is 0.484. The first-order valence-electron chi connectivity index (χ1n) is 4.68. The fourth-order valence-corrected chi connectivity index (χ4v) is 1.01. The molecule has 0 aliphatic carbocycles. The zero-order chi connectivity index (χ0) is 11.8. The van der Waals surface area contributed by atoms with E-state index in [1.165, 1.54) is 0 Å². The summed E-state index contributed by atoms with van der Waals surface area (Å²) in [6.45, 7) is 2.01. The van der Waals surface area contributed by atoms with Gasteiger partial charge in [-0.05, 0) is 6.42 Å². The molecule has 0 aromatic rings. The first kappa shape index (κ1) is 13.4. The van der Waals surface area contributed by atoms with Crippen molar-refractivity contribution in [3.63, 3.8) is 0 Å². The number of methoxy groups -OCH3 is 1. The van der Waals surface area contributed by atoms with Gasteiger partial charge in [0.15, 0.2) is 0 Å². The van der Waals surface area contributed by atoms with E-state index < -0.39 is 17.8 Å². The molecule has 0 radical (unpaired) electrons. The number of nitrogens with two attached hydrogens (primary N) is 1. The molecule has 0 unspecified atom stereocenters. The average Bonchev–Trinajstić information content (AvgIpc) is 2.21. The molecule has 0 fully saturated rings. The maximum atomic E-state index is 11.4. The van der Waals surface area contributed by atoms with Crippen LogP contribution in [0.3, 0.4) is 0 Å². The Morgan fingerprint density at radius 1 is 1.33 bits per heavy atom. The van der Waals surface area contributed by atoms with Crippen LogP contribution in [0.1, 0.15) is 19.8 Å². The Morgan fingerprint density at radius 2 is 1.93 bits per heavy atom. The monoisotopic (exact) mass is 216 g/mol. The van der Waals surface area contributed by atoms with Crippen molar-refractivity contribution in [1.29, 1.82) is 0 Å². The van der Waals surface area contributed by atoms with E-state index in [2.05, 4.69) is 4.74 Å². The van der Waals surface area contributed by atoms with Crippen molar-refractivity contribution in [2.45, 2.75) is 19.8 Å². The van der Waals surface area contributed by atoms with Crippen LogP contribution in [-0.4, -0.2) is 42.9 Å². The van der Waals surface area contributed by atoms with Gasteiger partial charge in [-0.1, -0.05) is 13.3 Å². The molecular formula is C9H16N2O4. The van der Waals surface area contributed by atoms with Crippen molar-refractivity contribution in [3.05, 3.63) is 0 Å². The van der Waals surface area contributed by atoms with Crippen molar-refractivity contribution in [2.24, 2.45) is 5.73 Å². The first-order chi connectivity index (χ1) is 7.02. The second-order valence-electron chi connectivity index (χ2n) is 3.04.